The van der Waals surface area contributed by atoms with Crippen molar-refractivity contribution in [1.82, 2.24) is 9.56 Å². The number of benzene rings is 2. The van der Waals surface area contributed by atoms with Gasteiger partial charge in [0, 0.05) is 17.8 Å². The average molecular weight is 433 g/mol. The monoisotopic (exact) mass is 433 g/mol. The second-order valence-electron chi connectivity index (χ2n) is 7.21. The molecule has 0 bridgehead atoms. The maximum absolute atomic E-state index is 12.6. The van der Waals surface area contributed by atoms with Crippen LogP contribution in [0.2, 0.25) is 0 Å². The van der Waals surface area contributed by atoms with E-state index in [0.717, 1.165) is 4.57 Å². The lowest BCUT2D eigenvalue weighted by Crippen LogP contribution is -2.32. The summed E-state index contributed by atoms with van der Waals surface area (Å²) in [5.74, 6) is 1.61. The van der Waals surface area contributed by atoms with Crippen LogP contribution in [-0.2, 0) is 11.4 Å². The summed E-state index contributed by atoms with van der Waals surface area (Å²) >= 11 is 0. The summed E-state index contributed by atoms with van der Waals surface area (Å²) in [7, 11) is 0. The lowest BCUT2D eigenvalue weighted by Gasteiger charge is -2.17. The van der Waals surface area contributed by atoms with Crippen LogP contribution in [0.25, 0.3) is 5.65 Å². The van der Waals surface area contributed by atoms with Gasteiger partial charge in [-0.1, -0.05) is 25.1 Å². The van der Waals surface area contributed by atoms with E-state index in [0.29, 0.717) is 40.7 Å². The molecule has 4 rings (SSSR count). The number of hydrogen-bond acceptors (Lipinski definition) is 6. The van der Waals surface area contributed by atoms with Crippen LogP contribution in [-0.4, -0.2) is 21.6 Å². The molecule has 1 N–H and O–H groups in total. The Hall–Kier alpha value is -4.07. The third-order valence-corrected chi connectivity index (χ3v) is 4.72. The highest BCUT2D eigenvalue weighted by Gasteiger charge is 2.18. The molecule has 0 spiro atoms. The first-order valence-electron chi connectivity index (χ1n) is 10.3. The molecule has 164 valence electrons. The van der Waals surface area contributed by atoms with Crippen LogP contribution in [0.5, 0.6) is 11.5 Å². The Kier molecular flexibility index (Phi) is 6.21. The molecule has 2 aromatic carbocycles. The molecule has 0 aliphatic carbocycles. The number of para-hydroxylation sites is 1. The van der Waals surface area contributed by atoms with Gasteiger partial charge >= 0.3 is 0 Å². The highest BCUT2D eigenvalue weighted by atomic mass is 16.5. The third kappa shape index (κ3) is 4.97. The molecule has 1 atom stereocenters. The normalized spacial score (nSPS) is 11.8. The first kappa shape index (κ1) is 21.2. The molecule has 0 aliphatic heterocycles. The van der Waals surface area contributed by atoms with E-state index in [1.54, 1.807) is 37.3 Å². The Labute approximate surface area is 184 Å². The van der Waals surface area contributed by atoms with E-state index in [-0.39, 0.29) is 18.1 Å². The predicted molar refractivity (Wildman–Crippen MR) is 119 cm³/mol. The molecule has 8 heteroatoms. The highest BCUT2D eigenvalue weighted by molar-refractivity contribution is 5.94. The Morgan fingerprint density at radius 1 is 1.09 bits per heavy atom. The lowest BCUT2D eigenvalue weighted by molar-refractivity contribution is -0.122. The van der Waals surface area contributed by atoms with Crippen molar-refractivity contribution in [2.75, 3.05) is 5.32 Å². The van der Waals surface area contributed by atoms with Gasteiger partial charge in [0.25, 0.3) is 11.5 Å². The number of hydrogen-bond donors (Lipinski definition) is 1. The molecular formula is C24H23N3O5. The fourth-order valence-electron chi connectivity index (χ4n) is 3.15. The Bertz CT molecular complexity index is 1260. The van der Waals surface area contributed by atoms with Gasteiger partial charge in [0.1, 0.15) is 23.9 Å². The van der Waals surface area contributed by atoms with Crippen molar-refractivity contribution in [2.24, 2.45) is 0 Å². The number of anilines is 1. The van der Waals surface area contributed by atoms with E-state index in [9.17, 15) is 9.59 Å². The zero-order valence-electron chi connectivity index (χ0n) is 17.8. The minimum Gasteiger partial charge on any atom is -0.487 e. The number of fused-ring (bicyclic) bond motifs is 1. The number of carbonyl (C=O) groups excluding carboxylic acids is 1. The maximum atomic E-state index is 12.6. The Morgan fingerprint density at radius 2 is 1.84 bits per heavy atom. The maximum Gasteiger partial charge on any atom is 0.287 e. The SMILES string of the molecule is CC[C@H](Oc1ccccc1)C(=O)Nc1ccc(OCc2cc(=O)n3oc(C)cc3n2)cc1. The quantitative estimate of drug-likeness (QED) is 0.452. The van der Waals surface area contributed by atoms with Gasteiger partial charge in [-0.15, -0.1) is 4.57 Å². The summed E-state index contributed by atoms with van der Waals surface area (Å²) in [6.45, 7) is 3.78. The predicted octanol–water partition coefficient (Wildman–Crippen LogP) is 3.97. The van der Waals surface area contributed by atoms with Crippen molar-refractivity contribution in [2.45, 2.75) is 33.0 Å². The van der Waals surface area contributed by atoms with Gasteiger partial charge < -0.3 is 19.3 Å². The van der Waals surface area contributed by atoms with E-state index in [2.05, 4.69) is 10.3 Å². The summed E-state index contributed by atoms with van der Waals surface area (Å²) in [6, 6.07) is 19.3. The summed E-state index contributed by atoms with van der Waals surface area (Å²) in [6.07, 6.45) is -0.0600. The molecule has 8 nitrogen and oxygen atoms in total. The van der Waals surface area contributed by atoms with Gasteiger partial charge in [-0.3, -0.25) is 9.59 Å². The summed E-state index contributed by atoms with van der Waals surface area (Å²) in [4.78, 5) is 29.0. The van der Waals surface area contributed by atoms with Crippen LogP contribution in [0.1, 0.15) is 24.8 Å². The first-order chi connectivity index (χ1) is 15.5. The second-order valence-corrected chi connectivity index (χ2v) is 7.21. The van der Waals surface area contributed by atoms with Gasteiger partial charge in [-0.25, -0.2) is 4.98 Å². The average Bonchev–Trinajstić information content (AvgIpc) is 3.18. The standard InChI is InChI=1S/C24H23N3O5/c1-3-21(31-20-7-5-4-6-8-20)24(29)26-17-9-11-19(12-10-17)30-15-18-14-23(28)27-22(25-18)13-16(2)32-27/h4-14,21H,3,15H2,1-2H3,(H,26,29)/t21-/m0/s1. The van der Waals surface area contributed by atoms with Crippen molar-refractivity contribution >= 4 is 17.2 Å². The smallest absolute Gasteiger partial charge is 0.287 e. The molecule has 0 unspecified atom stereocenters. The molecular weight excluding hydrogens is 410 g/mol. The number of nitrogens with zero attached hydrogens (tertiary/aromatic N) is 2. The second kappa shape index (κ2) is 9.38. The molecule has 0 saturated heterocycles. The molecule has 2 heterocycles. The molecule has 0 saturated carbocycles. The van der Waals surface area contributed by atoms with E-state index < -0.39 is 6.10 Å². The molecule has 0 radical (unpaired) electrons. The van der Waals surface area contributed by atoms with Crippen molar-refractivity contribution in [3.05, 3.63) is 88.5 Å². The van der Waals surface area contributed by atoms with Crippen LogP contribution in [0.3, 0.4) is 0 Å². The molecule has 32 heavy (non-hydrogen) atoms. The fourth-order valence-corrected chi connectivity index (χ4v) is 3.15. The largest absolute Gasteiger partial charge is 0.487 e. The molecule has 4 aromatic rings. The van der Waals surface area contributed by atoms with Gasteiger partial charge in [-0.2, -0.15) is 0 Å². The molecule has 0 fully saturated rings. The number of rotatable bonds is 8. The van der Waals surface area contributed by atoms with Gasteiger partial charge in [0.15, 0.2) is 11.8 Å². The van der Waals surface area contributed by atoms with Crippen molar-refractivity contribution < 1.29 is 18.8 Å². The van der Waals surface area contributed by atoms with E-state index in [1.165, 1.54) is 6.07 Å². The van der Waals surface area contributed by atoms with Gasteiger partial charge in [0.05, 0.1) is 5.69 Å². The number of amides is 1. The summed E-state index contributed by atoms with van der Waals surface area (Å²) < 4.78 is 17.9. The third-order valence-electron chi connectivity index (χ3n) is 4.72. The molecule has 2 aromatic heterocycles. The lowest BCUT2D eigenvalue weighted by atomic mass is 10.2. The minimum atomic E-state index is -0.597. The Balaban J connectivity index is 1.35. The number of nitrogens with one attached hydrogen (secondary N) is 1. The van der Waals surface area contributed by atoms with Crippen LogP contribution in [0.15, 0.2) is 76.0 Å². The summed E-state index contributed by atoms with van der Waals surface area (Å²) in [5, 5.41) is 2.86. The topological polar surface area (TPSA) is 95.1 Å². The number of aromatic nitrogens is 2. The van der Waals surface area contributed by atoms with Crippen LogP contribution in [0, 0.1) is 6.92 Å². The number of carbonyl (C=O) groups is 1. The zero-order chi connectivity index (χ0) is 22.5. The van der Waals surface area contributed by atoms with E-state index >= 15 is 0 Å². The van der Waals surface area contributed by atoms with Crippen LogP contribution >= 0.6 is 0 Å². The van der Waals surface area contributed by atoms with Crippen LogP contribution in [0.4, 0.5) is 5.69 Å². The van der Waals surface area contributed by atoms with Gasteiger partial charge in [-0.05, 0) is 49.7 Å². The van der Waals surface area contributed by atoms with Gasteiger partial charge in [0.2, 0.25) is 0 Å². The summed E-state index contributed by atoms with van der Waals surface area (Å²) in [5.41, 5.74) is 1.26. The van der Waals surface area contributed by atoms with Crippen molar-refractivity contribution in [3.8, 4) is 11.5 Å². The first-order valence-corrected chi connectivity index (χ1v) is 10.3. The number of ether oxygens (including phenoxy) is 2. The molecule has 0 aliphatic rings. The fraction of sp³-hybridized carbons (Fsp3) is 0.208. The number of aryl methyl sites for hydroxylation is 1. The van der Waals surface area contributed by atoms with Crippen molar-refractivity contribution in [3.63, 3.8) is 0 Å². The van der Waals surface area contributed by atoms with Crippen molar-refractivity contribution in [1.29, 1.82) is 0 Å². The zero-order valence-corrected chi connectivity index (χ0v) is 17.8. The Morgan fingerprint density at radius 3 is 2.56 bits per heavy atom. The molecule has 1 amide bonds. The van der Waals surface area contributed by atoms with E-state index in [4.69, 9.17) is 14.0 Å². The van der Waals surface area contributed by atoms with Crippen LogP contribution < -0.4 is 20.3 Å². The highest BCUT2D eigenvalue weighted by Crippen LogP contribution is 2.19. The minimum absolute atomic E-state index is 0.129. The van der Waals surface area contributed by atoms with E-state index in [1.807, 2.05) is 37.3 Å².